The Bertz CT molecular complexity index is 627. The van der Waals surface area contributed by atoms with E-state index in [4.69, 9.17) is 4.74 Å². The summed E-state index contributed by atoms with van der Waals surface area (Å²) in [4.78, 5) is 20.7. The zero-order chi connectivity index (χ0) is 16.7. The first-order chi connectivity index (χ1) is 11.1. The SMILES string of the molecule is CCOCCn1nc(C)cc1C(=O)NC(C)Cc1cnccn1. The predicted molar refractivity (Wildman–Crippen MR) is 86.1 cm³/mol. The van der Waals surface area contributed by atoms with Gasteiger partial charge in [-0.2, -0.15) is 5.10 Å². The molecule has 0 radical (unpaired) electrons. The van der Waals surface area contributed by atoms with E-state index in [1.54, 1.807) is 29.3 Å². The molecule has 0 aliphatic rings. The van der Waals surface area contributed by atoms with E-state index >= 15 is 0 Å². The average molecular weight is 317 g/mol. The Labute approximate surface area is 136 Å². The molecule has 124 valence electrons. The molecule has 0 bridgehead atoms. The molecule has 0 aliphatic carbocycles. The maximum atomic E-state index is 12.5. The van der Waals surface area contributed by atoms with E-state index in [0.717, 1.165) is 11.4 Å². The van der Waals surface area contributed by atoms with Crippen LogP contribution < -0.4 is 5.32 Å². The monoisotopic (exact) mass is 317 g/mol. The van der Waals surface area contributed by atoms with Crippen LogP contribution in [0, 0.1) is 6.92 Å². The Hall–Kier alpha value is -2.28. The van der Waals surface area contributed by atoms with E-state index < -0.39 is 0 Å². The van der Waals surface area contributed by atoms with Crippen molar-refractivity contribution in [1.82, 2.24) is 25.1 Å². The molecule has 0 saturated carbocycles. The fraction of sp³-hybridized carbons (Fsp3) is 0.500. The first kappa shape index (κ1) is 17.1. The van der Waals surface area contributed by atoms with Crippen molar-refractivity contribution in [1.29, 1.82) is 0 Å². The third kappa shape index (κ3) is 5.14. The Morgan fingerprint density at radius 2 is 2.26 bits per heavy atom. The first-order valence-electron chi connectivity index (χ1n) is 7.78. The summed E-state index contributed by atoms with van der Waals surface area (Å²) >= 11 is 0. The minimum atomic E-state index is -0.140. The summed E-state index contributed by atoms with van der Waals surface area (Å²) in [7, 11) is 0. The van der Waals surface area contributed by atoms with Crippen LogP contribution in [0.2, 0.25) is 0 Å². The van der Waals surface area contributed by atoms with Crippen molar-refractivity contribution in [3.63, 3.8) is 0 Å². The molecule has 2 rings (SSSR count). The normalized spacial score (nSPS) is 12.1. The smallest absolute Gasteiger partial charge is 0.269 e. The molecule has 0 spiro atoms. The van der Waals surface area contributed by atoms with Crippen LogP contribution in [-0.2, 0) is 17.7 Å². The molecule has 0 saturated heterocycles. The van der Waals surface area contributed by atoms with Gasteiger partial charge in [-0.1, -0.05) is 0 Å². The quantitative estimate of drug-likeness (QED) is 0.744. The predicted octanol–water partition coefficient (Wildman–Crippen LogP) is 1.38. The molecule has 2 aromatic rings. The summed E-state index contributed by atoms with van der Waals surface area (Å²) in [5.41, 5.74) is 2.21. The number of aromatic nitrogens is 4. The Balaban J connectivity index is 1.97. The van der Waals surface area contributed by atoms with Gasteiger partial charge in [-0.05, 0) is 26.8 Å². The van der Waals surface area contributed by atoms with Crippen molar-refractivity contribution in [2.45, 2.75) is 39.8 Å². The van der Waals surface area contributed by atoms with Gasteiger partial charge in [0.2, 0.25) is 0 Å². The number of carbonyl (C=O) groups is 1. The van der Waals surface area contributed by atoms with Gasteiger partial charge in [-0.3, -0.25) is 19.4 Å². The van der Waals surface area contributed by atoms with Crippen LogP contribution in [0.15, 0.2) is 24.7 Å². The van der Waals surface area contributed by atoms with E-state index in [9.17, 15) is 4.79 Å². The third-order valence-electron chi connectivity index (χ3n) is 3.30. The van der Waals surface area contributed by atoms with E-state index in [1.165, 1.54) is 0 Å². The van der Waals surface area contributed by atoms with Gasteiger partial charge in [-0.25, -0.2) is 0 Å². The van der Waals surface area contributed by atoms with Gasteiger partial charge < -0.3 is 10.1 Å². The zero-order valence-corrected chi connectivity index (χ0v) is 13.8. The topological polar surface area (TPSA) is 81.9 Å². The van der Waals surface area contributed by atoms with Gasteiger partial charge in [0.25, 0.3) is 5.91 Å². The molecule has 1 amide bonds. The lowest BCUT2D eigenvalue weighted by Crippen LogP contribution is -2.35. The lowest BCUT2D eigenvalue weighted by molar-refractivity contribution is 0.0922. The van der Waals surface area contributed by atoms with E-state index in [0.29, 0.717) is 31.9 Å². The number of carbonyl (C=O) groups excluding carboxylic acids is 1. The van der Waals surface area contributed by atoms with Crippen molar-refractivity contribution in [3.8, 4) is 0 Å². The lowest BCUT2D eigenvalue weighted by Gasteiger charge is -2.14. The van der Waals surface area contributed by atoms with Gasteiger partial charge >= 0.3 is 0 Å². The minimum Gasteiger partial charge on any atom is -0.380 e. The second-order valence-electron chi connectivity index (χ2n) is 5.37. The van der Waals surface area contributed by atoms with Crippen LogP contribution in [0.25, 0.3) is 0 Å². The Morgan fingerprint density at radius 1 is 1.43 bits per heavy atom. The van der Waals surface area contributed by atoms with Gasteiger partial charge in [0, 0.05) is 37.7 Å². The highest BCUT2D eigenvalue weighted by Gasteiger charge is 2.16. The van der Waals surface area contributed by atoms with Crippen LogP contribution in [0.4, 0.5) is 0 Å². The highest BCUT2D eigenvalue weighted by atomic mass is 16.5. The third-order valence-corrected chi connectivity index (χ3v) is 3.30. The maximum absolute atomic E-state index is 12.5. The Morgan fingerprint density at radius 3 is 2.96 bits per heavy atom. The summed E-state index contributed by atoms with van der Waals surface area (Å²) in [5, 5.41) is 7.33. The number of amides is 1. The van der Waals surface area contributed by atoms with Crippen molar-refractivity contribution in [2.75, 3.05) is 13.2 Å². The number of ether oxygens (including phenoxy) is 1. The molecule has 2 heterocycles. The summed E-state index contributed by atoms with van der Waals surface area (Å²) in [6.07, 6.45) is 5.62. The molecular formula is C16H23N5O2. The van der Waals surface area contributed by atoms with Crippen molar-refractivity contribution >= 4 is 5.91 Å². The van der Waals surface area contributed by atoms with Crippen molar-refractivity contribution in [3.05, 3.63) is 41.7 Å². The highest BCUT2D eigenvalue weighted by Crippen LogP contribution is 2.06. The van der Waals surface area contributed by atoms with Crippen LogP contribution in [0.5, 0.6) is 0 Å². The number of hydrogen-bond acceptors (Lipinski definition) is 5. The van der Waals surface area contributed by atoms with Gasteiger partial charge in [0.1, 0.15) is 5.69 Å². The fourth-order valence-corrected chi connectivity index (χ4v) is 2.29. The number of nitrogens with one attached hydrogen (secondary N) is 1. The molecule has 23 heavy (non-hydrogen) atoms. The largest absolute Gasteiger partial charge is 0.380 e. The molecule has 0 aromatic carbocycles. The van der Waals surface area contributed by atoms with Gasteiger partial charge in [0.15, 0.2) is 0 Å². The average Bonchev–Trinajstić information content (AvgIpc) is 2.89. The van der Waals surface area contributed by atoms with Crippen LogP contribution in [0.3, 0.4) is 0 Å². The lowest BCUT2D eigenvalue weighted by atomic mass is 10.2. The fourth-order valence-electron chi connectivity index (χ4n) is 2.29. The van der Waals surface area contributed by atoms with Crippen molar-refractivity contribution in [2.24, 2.45) is 0 Å². The second-order valence-corrected chi connectivity index (χ2v) is 5.37. The molecule has 1 atom stereocenters. The standard InChI is InChI=1S/C16H23N5O2/c1-4-23-8-7-21-15(10-13(3)20-21)16(22)19-12(2)9-14-11-17-5-6-18-14/h5-6,10-12H,4,7-9H2,1-3H3,(H,19,22). The highest BCUT2D eigenvalue weighted by molar-refractivity contribution is 5.92. The summed E-state index contributed by atoms with van der Waals surface area (Å²) < 4.78 is 7.02. The van der Waals surface area contributed by atoms with Gasteiger partial charge in [0.05, 0.1) is 24.5 Å². The summed E-state index contributed by atoms with van der Waals surface area (Å²) in [6, 6.07) is 1.74. The van der Waals surface area contributed by atoms with Crippen LogP contribution >= 0.6 is 0 Å². The molecule has 1 unspecified atom stereocenters. The molecular weight excluding hydrogens is 294 g/mol. The minimum absolute atomic E-state index is 0.0465. The number of nitrogens with zero attached hydrogens (tertiary/aromatic N) is 4. The molecule has 7 nitrogen and oxygen atoms in total. The number of aryl methyl sites for hydroxylation is 1. The van der Waals surface area contributed by atoms with Gasteiger partial charge in [-0.15, -0.1) is 0 Å². The summed E-state index contributed by atoms with van der Waals surface area (Å²) in [5.74, 6) is -0.140. The molecule has 1 N–H and O–H groups in total. The van der Waals surface area contributed by atoms with E-state index in [-0.39, 0.29) is 11.9 Å². The van der Waals surface area contributed by atoms with E-state index in [1.807, 2.05) is 20.8 Å². The molecule has 0 fully saturated rings. The number of rotatable bonds is 8. The molecule has 0 aliphatic heterocycles. The van der Waals surface area contributed by atoms with Crippen molar-refractivity contribution < 1.29 is 9.53 Å². The maximum Gasteiger partial charge on any atom is 0.269 e. The zero-order valence-electron chi connectivity index (χ0n) is 13.8. The first-order valence-corrected chi connectivity index (χ1v) is 7.78. The Kier molecular flexibility index (Phi) is 6.22. The second kappa shape index (κ2) is 8.38. The number of hydrogen-bond donors (Lipinski definition) is 1. The molecule has 2 aromatic heterocycles. The molecule has 7 heteroatoms. The van der Waals surface area contributed by atoms with E-state index in [2.05, 4.69) is 20.4 Å². The van der Waals surface area contributed by atoms with Crippen LogP contribution in [0.1, 0.15) is 35.7 Å². The summed E-state index contributed by atoms with van der Waals surface area (Å²) in [6.45, 7) is 7.50. The van der Waals surface area contributed by atoms with Crippen LogP contribution in [-0.4, -0.2) is 44.9 Å².